The average molecular weight is 468 g/mol. The van der Waals surface area contributed by atoms with Gasteiger partial charge in [0.1, 0.15) is 0 Å². The molecule has 2 saturated heterocycles. The Morgan fingerprint density at radius 2 is 1.82 bits per heavy atom. The first-order valence-electron chi connectivity index (χ1n) is 12.4. The predicted octanol–water partition coefficient (Wildman–Crippen LogP) is 2.16. The fourth-order valence-electron chi connectivity index (χ4n) is 5.12. The van der Waals surface area contributed by atoms with Gasteiger partial charge >= 0.3 is 0 Å². The van der Waals surface area contributed by atoms with E-state index in [1.54, 1.807) is 6.92 Å². The van der Waals surface area contributed by atoms with Crippen molar-refractivity contribution in [3.63, 3.8) is 0 Å². The topological polar surface area (TPSA) is 81.9 Å². The van der Waals surface area contributed by atoms with Crippen molar-refractivity contribution in [3.05, 3.63) is 53.4 Å². The number of rotatable bonds is 8. The summed E-state index contributed by atoms with van der Waals surface area (Å²) in [6.45, 7) is 7.54. The Kier molecular flexibility index (Phi) is 8.34. The van der Waals surface area contributed by atoms with Gasteiger partial charge in [0.2, 0.25) is 11.8 Å². The number of piperidine rings is 1. The van der Waals surface area contributed by atoms with Gasteiger partial charge < -0.3 is 19.6 Å². The Hall–Kier alpha value is -2.71. The number of nitrogens with zero attached hydrogens (tertiary/aromatic N) is 4. The number of carbonyl (C=O) groups excluding carboxylic acids is 2. The first-order valence-corrected chi connectivity index (χ1v) is 12.4. The smallest absolute Gasteiger partial charge is 0.222 e. The van der Waals surface area contributed by atoms with Crippen molar-refractivity contribution in [2.75, 3.05) is 46.3 Å². The SMILES string of the molecule is CC(=O)N1CCN(C(=O)CC2CCNCC2Cc2cc(CN(C)Cc3ccccc3)on2)CC1. The number of hydrogen-bond donors (Lipinski definition) is 1. The Bertz CT molecular complexity index is 939. The molecule has 1 aromatic carbocycles. The molecule has 2 aliphatic heterocycles. The van der Waals surface area contributed by atoms with E-state index < -0.39 is 0 Å². The van der Waals surface area contributed by atoms with Crippen LogP contribution in [0.2, 0.25) is 0 Å². The molecule has 0 radical (unpaired) electrons. The highest BCUT2D eigenvalue weighted by atomic mass is 16.5. The maximum atomic E-state index is 13.0. The maximum Gasteiger partial charge on any atom is 0.222 e. The van der Waals surface area contributed by atoms with Crippen LogP contribution >= 0.6 is 0 Å². The third-order valence-corrected chi connectivity index (χ3v) is 7.08. The molecule has 4 rings (SSSR count). The van der Waals surface area contributed by atoms with Gasteiger partial charge in [-0.15, -0.1) is 0 Å². The van der Waals surface area contributed by atoms with Gasteiger partial charge in [0, 0.05) is 52.1 Å². The molecular formula is C26H37N5O3. The second-order valence-corrected chi connectivity index (χ2v) is 9.75. The Balaban J connectivity index is 1.28. The summed E-state index contributed by atoms with van der Waals surface area (Å²) in [4.78, 5) is 30.5. The summed E-state index contributed by atoms with van der Waals surface area (Å²) in [7, 11) is 2.08. The van der Waals surface area contributed by atoms with Crippen LogP contribution in [0.15, 0.2) is 40.9 Å². The van der Waals surface area contributed by atoms with Crippen LogP contribution in [0.1, 0.15) is 36.8 Å². The van der Waals surface area contributed by atoms with Crippen LogP contribution in [0.3, 0.4) is 0 Å². The zero-order valence-electron chi connectivity index (χ0n) is 20.4. The molecule has 2 aromatic rings. The minimum absolute atomic E-state index is 0.0868. The van der Waals surface area contributed by atoms with Crippen molar-refractivity contribution in [2.45, 2.75) is 39.3 Å². The lowest BCUT2D eigenvalue weighted by atomic mass is 9.81. The van der Waals surface area contributed by atoms with Crippen molar-refractivity contribution >= 4 is 11.8 Å². The summed E-state index contributed by atoms with van der Waals surface area (Å²) in [6.07, 6.45) is 2.38. The quantitative estimate of drug-likeness (QED) is 0.641. The standard InChI is InChI=1S/C26H37N5O3/c1-20(32)30-10-12-31(13-11-30)26(33)15-22-8-9-27-17-23(22)14-24-16-25(34-28-24)19-29(2)18-21-6-4-3-5-7-21/h3-7,16,22-23,27H,8-15,17-19H2,1-2H3. The van der Waals surface area contributed by atoms with E-state index in [4.69, 9.17) is 4.52 Å². The van der Waals surface area contributed by atoms with Gasteiger partial charge in [0.05, 0.1) is 12.2 Å². The normalized spacial score (nSPS) is 21.1. The number of piperazine rings is 1. The molecule has 3 heterocycles. The summed E-state index contributed by atoms with van der Waals surface area (Å²) >= 11 is 0. The molecule has 8 heteroatoms. The van der Waals surface area contributed by atoms with Crippen molar-refractivity contribution in [3.8, 4) is 0 Å². The summed E-state index contributed by atoms with van der Waals surface area (Å²) in [5, 5.41) is 7.82. The van der Waals surface area contributed by atoms with Crippen LogP contribution in [0.5, 0.6) is 0 Å². The predicted molar refractivity (Wildman–Crippen MR) is 130 cm³/mol. The Labute approximate surface area is 202 Å². The van der Waals surface area contributed by atoms with Gasteiger partial charge in [0.25, 0.3) is 0 Å². The van der Waals surface area contributed by atoms with Crippen molar-refractivity contribution in [1.82, 2.24) is 25.2 Å². The highest BCUT2D eigenvalue weighted by Gasteiger charge is 2.31. The number of amides is 2. The molecule has 1 aromatic heterocycles. The molecule has 8 nitrogen and oxygen atoms in total. The zero-order valence-corrected chi connectivity index (χ0v) is 20.4. The summed E-state index contributed by atoms with van der Waals surface area (Å²) in [6, 6.07) is 12.5. The van der Waals surface area contributed by atoms with E-state index in [0.717, 1.165) is 43.9 Å². The molecular weight excluding hydrogens is 430 g/mol. The molecule has 0 saturated carbocycles. The fourth-order valence-corrected chi connectivity index (χ4v) is 5.12. The highest BCUT2D eigenvalue weighted by molar-refractivity contribution is 5.77. The summed E-state index contributed by atoms with van der Waals surface area (Å²) < 4.78 is 5.64. The van der Waals surface area contributed by atoms with E-state index in [9.17, 15) is 9.59 Å². The largest absolute Gasteiger partial charge is 0.360 e. The first kappa shape index (κ1) is 24.4. The molecule has 2 unspecified atom stereocenters. The van der Waals surface area contributed by atoms with E-state index in [1.165, 1.54) is 5.56 Å². The lowest BCUT2D eigenvalue weighted by molar-refractivity contribution is -0.139. The fraction of sp³-hybridized carbons (Fsp3) is 0.577. The first-order chi connectivity index (χ1) is 16.5. The Morgan fingerprint density at radius 3 is 2.56 bits per heavy atom. The minimum atomic E-state index is 0.0868. The van der Waals surface area contributed by atoms with Gasteiger partial charge in [-0.1, -0.05) is 35.5 Å². The average Bonchev–Trinajstić information content (AvgIpc) is 3.27. The van der Waals surface area contributed by atoms with Gasteiger partial charge in [-0.05, 0) is 50.4 Å². The summed E-state index contributed by atoms with van der Waals surface area (Å²) in [5.74, 6) is 1.86. The molecule has 0 spiro atoms. The summed E-state index contributed by atoms with van der Waals surface area (Å²) in [5.41, 5.74) is 2.23. The van der Waals surface area contributed by atoms with Crippen molar-refractivity contribution in [2.24, 2.45) is 11.8 Å². The monoisotopic (exact) mass is 467 g/mol. The van der Waals surface area contributed by atoms with Gasteiger partial charge in [-0.3, -0.25) is 14.5 Å². The Morgan fingerprint density at radius 1 is 1.09 bits per heavy atom. The maximum absolute atomic E-state index is 13.0. The van der Waals surface area contributed by atoms with E-state index in [-0.39, 0.29) is 11.8 Å². The third-order valence-electron chi connectivity index (χ3n) is 7.08. The zero-order chi connectivity index (χ0) is 23.9. The molecule has 34 heavy (non-hydrogen) atoms. The van der Waals surface area contributed by atoms with Crippen LogP contribution in [0.25, 0.3) is 0 Å². The minimum Gasteiger partial charge on any atom is -0.360 e. The van der Waals surface area contributed by atoms with Gasteiger partial charge in [0.15, 0.2) is 5.76 Å². The second-order valence-electron chi connectivity index (χ2n) is 9.75. The number of aromatic nitrogens is 1. The molecule has 2 fully saturated rings. The number of benzene rings is 1. The second kappa shape index (κ2) is 11.6. The van der Waals surface area contributed by atoms with E-state index in [2.05, 4.69) is 52.8 Å². The number of hydrogen-bond acceptors (Lipinski definition) is 6. The lowest BCUT2D eigenvalue weighted by Crippen LogP contribution is -2.51. The van der Waals surface area contributed by atoms with Crippen LogP contribution in [-0.2, 0) is 29.1 Å². The highest BCUT2D eigenvalue weighted by Crippen LogP contribution is 2.27. The van der Waals surface area contributed by atoms with Gasteiger partial charge in [-0.25, -0.2) is 0 Å². The lowest BCUT2D eigenvalue weighted by Gasteiger charge is -2.37. The molecule has 2 atom stereocenters. The molecule has 0 bridgehead atoms. The van der Waals surface area contributed by atoms with Crippen LogP contribution < -0.4 is 5.32 Å². The number of nitrogens with one attached hydrogen (secondary N) is 1. The van der Waals surface area contributed by atoms with Crippen LogP contribution in [0.4, 0.5) is 0 Å². The molecule has 0 aliphatic carbocycles. The molecule has 2 amide bonds. The molecule has 2 aliphatic rings. The molecule has 184 valence electrons. The van der Waals surface area contributed by atoms with E-state index in [1.807, 2.05) is 15.9 Å². The van der Waals surface area contributed by atoms with Crippen LogP contribution in [0, 0.1) is 11.8 Å². The third kappa shape index (κ3) is 6.67. The number of carbonyl (C=O) groups is 2. The van der Waals surface area contributed by atoms with E-state index in [0.29, 0.717) is 51.0 Å². The van der Waals surface area contributed by atoms with Gasteiger partial charge in [-0.2, -0.15) is 0 Å². The van der Waals surface area contributed by atoms with E-state index >= 15 is 0 Å². The van der Waals surface area contributed by atoms with Crippen LogP contribution in [-0.4, -0.2) is 78.0 Å². The van der Waals surface area contributed by atoms with Crippen molar-refractivity contribution in [1.29, 1.82) is 0 Å². The van der Waals surface area contributed by atoms with Crippen molar-refractivity contribution < 1.29 is 14.1 Å². The molecule has 1 N–H and O–H groups in total.